The van der Waals surface area contributed by atoms with Crippen LogP contribution in [0.25, 0.3) is 5.65 Å². The van der Waals surface area contributed by atoms with Crippen LogP contribution in [0.4, 0.5) is 0 Å². The van der Waals surface area contributed by atoms with Gasteiger partial charge in [0.05, 0.1) is 12.7 Å². The maximum atomic E-state index is 12.1. The van der Waals surface area contributed by atoms with Crippen molar-refractivity contribution in [2.45, 2.75) is 13.5 Å². The number of amides is 1. The van der Waals surface area contributed by atoms with E-state index in [4.69, 9.17) is 4.42 Å². The summed E-state index contributed by atoms with van der Waals surface area (Å²) in [5.41, 5.74) is 1.96. The molecular formula is C13H12N4O2. The Hall–Kier alpha value is -2.63. The van der Waals surface area contributed by atoms with Crippen molar-refractivity contribution in [3.63, 3.8) is 0 Å². The van der Waals surface area contributed by atoms with Crippen molar-refractivity contribution in [1.82, 2.24) is 19.7 Å². The molecule has 0 radical (unpaired) electrons. The summed E-state index contributed by atoms with van der Waals surface area (Å²) in [4.78, 5) is 20.3. The van der Waals surface area contributed by atoms with Gasteiger partial charge in [0.2, 0.25) is 0 Å². The van der Waals surface area contributed by atoms with E-state index in [0.717, 1.165) is 11.3 Å². The zero-order valence-corrected chi connectivity index (χ0v) is 10.3. The molecule has 0 atom stereocenters. The highest BCUT2D eigenvalue weighted by molar-refractivity contribution is 5.93. The fourth-order valence-electron chi connectivity index (χ4n) is 1.85. The lowest BCUT2D eigenvalue weighted by Gasteiger charge is -2.03. The molecule has 0 unspecified atom stereocenters. The lowest BCUT2D eigenvalue weighted by atomic mass is 10.3. The van der Waals surface area contributed by atoms with Gasteiger partial charge in [0.15, 0.2) is 6.39 Å². The average molecular weight is 256 g/mol. The number of imidazole rings is 1. The molecule has 3 aromatic heterocycles. The van der Waals surface area contributed by atoms with Crippen molar-refractivity contribution in [2.75, 3.05) is 0 Å². The van der Waals surface area contributed by atoms with Crippen molar-refractivity contribution < 1.29 is 9.21 Å². The SMILES string of the molecule is Cc1ocnc1CNC(=O)c1cnc2ccccn12. The second-order valence-electron chi connectivity index (χ2n) is 4.11. The number of nitrogens with one attached hydrogen (secondary N) is 1. The Labute approximate surface area is 109 Å². The Morgan fingerprint density at radius 2 is 2.32 bits per heavy atom. The first-order valence-electron chi connectivity index (χ1n) is 5.85. The highest BCUT2D eigenvalue weighted by atomic mass is 16.3. The van der Waals surface area contributed by atoms with Gasteiger partial charge in [-0.25, -0.2) is 9.97 Å². The monoisotopic (exact) mass is 256 g/mol. The second-order valence-corrected chi connectivity index (χ2v) is 4.11. The van der Waals surface area contributed by atoms with Crippen molar-refractivity contribution >= 4 is 11.6 Å². The summed E-state index contributed by atoms with van der Waals surface area (Å²) >= 11 is 0. The number of aromatic nitrogens is 3. The van der Waals surface area contributed by atoms with Crippen LogP contribution in [0.3, 0.4) is 0 Å². The second kappa shape index (κ2) is 4.56. The van der Waals surface area contributed by atoms with Crippen LogP contribution in [-0.4, -0.2) is 20.3 Å². The quantitative estimate of drug-likeness (QED) is 0.771. The van der Waals surface area contributed by atoms with Crippen molar-refractivity contribution in [3.8, 4) is 0 Å². The number of hydrogen-bond acceptors (Lipinski definition) is 4. The van der Waals surface area contributed by atoms with Crippen LogP contribution in [0, 0.1) is 6.92 Å². The topological polar surface area (TPSA) is 72.4 Å². The molecule has 0 saturated heterocycles. The third-order valence-electron chi connectivity index (χ3n) is 2.91. The number of fused-ring (bicyclic) bond motifs is 1. The molecular weight excluding hydrogens is 244 g/mol. The molecule has 96 valence electrons. The number of carbonyl (C=O) groups excluding carboxylic acids is 1. The van der Waals surface area contributed by atoms with Crippen LogP contribution in [0.2, 0.25) is 0 Å². The Balaban J connectivity index is 1.79. The van der Waals surface area contributed by atoms with E-state index in [1.54, 1.807) is 16.8 Å². The van der Waals surface area contributed by atoms with E-state index in [0.29, 0.717) is 18.0 Å². The van der Waals surface area contributed by atoms with Gasteiger partial charge in [-0.1, -0.05) is 6.07 Å². The van der Waals surface area contributed by atoms with E-state index in [2.05, 4.69) is 15.3 Å². The summed E-state index contributed by atoms with van der Waals surface area (Å²) in [6, 6.07) is 5.58. The largest absolute Gasteiger partial charge is 0.448 e. The smallest absolute Gasteiger partial charge is 0.270 e. The van der Waals surface area contributed by atoms with Gasteiger partial charge in [-0.3, -0.25) is 9.20 Å². The molecule has 0 saturated carbocycles. The van der Waals surface area contributed by atoms with E-state index in [1.807, 2.05) is 25.1 Å². The molecule has 1 N–H and O–H groups in total. The van der Waals surface area contributed by atoms with Crippen LogP contribution in [-0.2, 0) is 6.54 Å². The van der Waals surface area contributed by atoms with Crippen LogP contribution < -0.4 is 5.32 Å². The Kier molecular flexibility index (Phi) is 2.75. The normalized spacial score (nSPS) is 10.8. The molecule has 0 bridgehead atoms. The number of nitrogens with zero attached hydrogens (tertiary/aromatic N) is 3. The number of pyridine rings is 1. The van der Waals surface area contributed by atoms with Gasteiger partial charge < -0.3 is 9.73 Å². The third-order valence-corrected chi connectivity index (χ3v) is 2.91. The molecule has 1 amide bonds. The zero-order chi connectivity index (χ0) is 13.2. The number of oxazole rings is 1. The first-order chi connectivity index (χ1) is 9.25. The van der Waals surface area contributed by atoms with Crippen LogP contribution in [0.15, 0.2) is 41.4 Å². The molecule has 19 heavy (non-hydrogen) atoms. The number of rotatable bonds is 3. The minimum absolute atomic E-state index is 0.193. The van der Waals surface area contributed by atoms with E-state index in [1.165, 1.54) is 6.39 Å². The van der Waals surface area contributed by atoms with Crippen LogP contribution in [0.1, 0.15) is 21.9 Å². The van der Waals surface area contributed by atoms with Crippen LogP contribution in [0.5, 0.6) is 0 Å². The summed E-state index contributed by atoms with van der Waals surface area (Å²) in [6.07, 6.45) is 4.73. The number of carbonyl (C=O) groups is 1. The fraction of sp³-hybridized carbons (Fsp3) is 0.154. The van der Waals surface area contributed by atoms with Crippen LogP contribution >= 0.6 is 0 Å². The Bertz CT molecular complexity index is 729. The van der Waals surface area contributed by atoms with Gasteiger partial charge in [-0.15, -0.1) is 0 Å². The summed E-state index contributed by atoms with van der Waals surface area (Å²) in [6.45, 7) is 2.14. The van der Waals surface area contributed by atoms with E-state index in [9.17, 15) is 4.79 Å². The molecule has 6 nitrogen and oxygen atoms in total. The average Bonchev–Trinajstić information content (AvgIpc) is 3.02. The number of hydrogen-bond donors (Lipinski definition) is 1. The minimum atomic E-state index is -0.193. The highest BCUT2D eigenvalue weighted by Crippen LogP contribution is 2.07. The van der Waals surface area contributed by atoms with Crippen molar-refractivity contribution in [2.24, 2.45) is 0 Å². The van der Waals surface area contributed by atoms with Gasteiger partial charge in [-0.2, -0.15) is 0 Å². The molecule has 0 aromatic carbocycles. The van der Waals surface area contributed by atoms with Gasteiger partial charge in [0.1, 0.15) is 22.8 Å². The first-order valence-corrected chi connectivity index (χ1v) is 5.85. The molecule has 3 heterocycles. The van der Waals surface area contributed by atoms with E-state index in [-0.39, 0.29) is 5.91 Å². The van der Waals surface area contributed by atoms with Gasteiger partial charge in [0.25, 0.3) is 5.91 Å². The Morgan fingerprint density at radius 1 is 1.42 bits per heavy atom. The predicted octanol–water partition coefficient (Wildman–Crippen LogP) is 1.56. The fourth-order valence-corrected chi connectivity index (χ4v) is 1.85. The van der Waals surface area contributed by atoms with Crippen molar-refractivity contribution in [1.29, 1.82) is 0 Å². The predicted molar refractivity (Wildman–Crippen MR) is 67.6 cm³/mol. The highest BCUT2D eigenvalue weighted by Gasteiger charge is 2.12. The van der Waals surface area contributed by atoms with E-state index >= 15 is 0 Å². The van der Waals surface area contributed by atoms with Gasteiger partial charge in [0, 0.05) is 6.20 Å². The van der Waals surface area contributed by atoms with Gasteiger partial charge in [-0.05, 0) is 19.1 Å². The number of aryl methyl sites for hydroxylation is 1. The molecule has 0 aliphatic rings. The summed E-state index contributed by atoms with van der Waals surface area (Å²) < 4.78 is 6.82. The molecule has 0 aliphatic carbocycles. The lowest BCUT2D eigenvalue weighted by molar-refractivity contribution is 0.0944. The van der Waals surface area contributed by atoms with Gasteiger partial charge >= 0.3 is 0 Å². The lowest BCUT2D eigenvalue weighted by Crippen LogP contribution is -2.24. The van der Waals surface area contributed by atoms with Crippen molar-refractivity contribution in [3.05, 3.63) is 54.1 Å². The summed E-state index contributed by atoms with van der Waals surface area (Å²) in [7, 11) is 0. The summed E-state index contributed by atoms with van der Waals surface area (Å²) in [5, 5.41) is 2.80. The molecule has 0 fully saturated rings. The molecule has 0 spiro atoms. The molecule has 0 aliphatic heterocycles. The Morgan fingerprint density at radius 3 is 3.11 bits per heavy atom. The minimum Gasteiger partial charge on any atom is -0.448 e. The standard InChI is InChI=1S/C13H12N4O2/c1-9-10(16-8-19-9)6-15-13(18)11-7-14-12-4-2-3-5-17(11)12/h2-5,7-8H,6H2,1H3,(H,15,18). The zero-order valence-electron chi connectivity index (χ0n) is 10.3. The molecule has 3 aromatic rings. The molecule has 3 rings (SSSR count). The third kappa shape index (κ3) is 2.08. The summed E-state index contributed by atoms with van der Waals surface area (Å²) in [5.74, 6) is 0.513. The first kappa shape index (κ1) is 11.5. The maximum absolute atomic E-state index is 12.1. The van der Waals surface area contributed by atoms with E-state index < -0.39 is 0 Å². The molecule has 6 heteroatoms. The maximum Gasteiger partial charge on any atom is 0.270 e.